The molecule has 10 heteroatoms. The summed E-state index contributed by atoms with van der Waals surface area (Å²) < 4.78 is 43.9. The molecule has 0 spiro atoms. The summed E-state index contributed by atoms with van der Waals surface area (Å²) in [7, 11) is -2.14. The average molecular weight is 563 g/mol. The largest absolute Gasteiger partial charge is 0.290 e. The zero-order valence-corrected chi connectivity index (χ0v) is 23.2. The third-order valence-corrected chi connectivity index (χ3v) is 10.7. The van der Waals surface area contributed by atoms with Crippen LogP contribution in [-0.4, -0.2) is 46.4 Å². The monoisotopic (exact) mass is 562 g/mol. The third kappa shape index (κ3) is 4.36. The van der Waals surface area contributed by atoms with E-state index in [2.05, 4.69) is 10.1 Å². The van der Waals surface area contributed by atoms with Gasteiger partial charge in [0.1, 0.15) is 5.82 Å². The number of hydrogen-bond acceptors (Lipinski definition) is 6. The maximum absolute atomic E-state index is 14.1. The fourth-order valence-corrected chi connectivity index (χ4v) is 7.85. The van der Waals surface area contributed by atoms with E-state index < -0.39 is 15.4 Å². The van der Waals surface area contributed by atoms with Crippen LogP contribution in [0.15, 0.2) is 76.8 Å². The van der Waals surface area contributed by atoms with E-state index in [9.17, 15) is 17.6 Å². The molecular formula is C29H27FN4O3S2. The molecule has 2 heterocycles. The van der Waals surface area contributed by atoms with E-state index in [-0.39, 0.29) is 22.5 Å². The first-order valence-electron chi connectivity index (χ1n) is 12.7. The van der Waals surface area contributed by atoms with Crippen molar-refractivity contribution >= 4 is 33.2 Å². The van der Waals surface area contributed by atoms with Crippen LogP contribution >= 0.6 is 11.3 Å². The SMILES string of the molecule is Cc1ccc(S(=O)(=O)N(C)[C@H]2CCC3=Cc4c(cnn4-c4ccc(F)cc4)C[C@]3(C(=O)c3nccs3)C2)cc1. The number of fused-ring (bicyclic) bond motifs is 2. The number of hydrogen-bond donors (Lipinski definition) is 0. The summed E-state index contributed by atoms with van der Waals surface area (Å²) in [6.45, 7) is 1.92. The summed E-state index contributed by atoms with van der Waals surface area (Å²) in [4.78, 5) is 18.7. The molecule has 1 saturated carbocycles. The predicted octanol–water partition coefficient (Wildman–Crippen LogP) is 5.46. The molecule has 1 fully saturated rings. The van der Waals surface area contributed by atoms with Gasteiger partial charge in [0.15, 0.2) is 5.01 Å². The summed E-state index contributed by atoms with van der Waals surface area (Å²) in [5, 5.41) is 6.76. The van der Waals surface area contributed by atoms with Crippen molar-refractivity contribution in [3.8, 4) is 5.69 Å². The van der Waals surface area contributed by atoms with Crippen molar-refractivity contribution in [1.82, 2.24) is 19.1 Å². The summed E-state index contributed by atoms with van der Waals surface area (Å²) in [5.41, 5.74) is 3.48. The molecule has 2 aliphatic rings. The van der Waals surface area contributed by atoms with Gasteiger partial charge in [0.2, 0.25) is 15.8 Å². The highest BCUT2D eigenvalue weighted by Crippen LogP contribution is 2.51. The molecule has 200 valence electrons. The highest BCUT2D eigenvalue weighted by molar-refractivity contribution is 7.89. The number of thiazole rings is 1. The van der Waals surface area contributed by atoms with E-state index in [1.807, 2.05) is 13.0 Å². The molecule has 2 aromatic carbocycles. The minimum Gasteiger partial charge on any atom is -0.290 e. The van der Waals surface area contributed by atoms with Gasteiger partial charge in [0, 0.05) is 24.7 Å². The fraction of sp³-hybridized carbons (Fsp3) is 0.276. The van der Waals surface area contributed by atoms with Crippen LogP contribution < -0.4 is 0 Å². The van der Waals surface area contributed by atoms with Crippen molar-refractivity contribution in [3.63, 3.8) is 0 Å². The molecule has 0 N–H and O–H groups in total. The molecule has 6 rings (SSSR count). The lowest BCUT2D eigenvalue weighted by Gasteiger charge is -2.45. The molecule has 0 saturated heterocycles. The van der Waals surface area contributed by atoms with E-state index in [1.54, 1.807) is 65.9 Å². The molecule has 4 aromatic rings. The molecule has 2 atom stereocenters. The van der Waals surface area contributed by atoms with Gasteiger partial charge in [-0.05, 0) is 80.6 Å². The van der Waals surface area contributed by atoms with E-state index in [4.69, 9.17) is 0 Å². The molecule has 7 nitrogen and oxygen atoms in total. The van der Waals surface area contributed by atoms with Gasteiger partial charge in [0.25, 0.3) is 0 Å². The van der Waals surface area contributed by atoms with Crippen molar-refractivity contribution in [3.05, 3.63) is 99.5 Å². The van der Waals surface area contributed by atoms with Gasteiger partial charge < -0.3 is 0 Å². The standard InChI is InChI=1S/C29H27FN4O3S2/c1-19-3-11-25(12-4-19)39(36,37)33(2)24-8-5-21-15-26-20(18-32-34(26)23-9-6-22(30)7-10-23)16-29(21,17-24)27(35)28-31-13-14-38-28/h3-4,6-7,9-15,18,24H,5,8,16-17H2,1-2H3/t24-,29-/m0/s1. The summed E-state index contributed by atoms with van der Waals surface area (Å²) in [5.74, 6) is -0.413. The van der Waals surface area contributed by atoms with Crippen LogP contribution in [0.2, 0.25) is 0 Å². The molecule has 0 radical (unpaired) electrons. The van der Waals surface area contributed by atoms with Crippen molar-refractivity contribution in [2.75, 3.05) is 7.05 Å². The topological polar surface area (TPSA) is 85.2 Å². The summed E-state index contributed by atoms with van der Waals surface area (Å²) in [6.07, 6.45) is 7.27. The number of aryl methyl sites for hydroxylation is 1. The van der Waals surface area contributed by atoms with E-state index >= 15 is 0 Å². The highest BCUT2D eigenvalue weighted by Gasteiger charge is 2.51. The number of carbonyl (C=O) groups is 1. The number of carbonyl (C=O) groups excluding carboxylic acids is 1. The lowest BCUT2D eigenvalue weighted by atomic mass is 9.61. The second kappa shape index (κ2) is 9.62. The number of benzene rings is 2. The number of halogens is 1. The van der Waals surface area contributed by atoms with Gasteiger partial charge in [-0.25, -0.2) is 22.5 Å². The minimum absolute atomic E-state index is 0.0882. The van der Waals surface area contributed by atoms with Gasteiger partial charge >= 0.3 is 0 Å². The highest BCUT2D eigenvalue weighted by atomic mass is 32.2. The number of ketones is 1. The molecular weight excluding hydrogens is 535 g/mol. The number of Topliss-reactive ketones (excluding diaryl/α,β-unsaturated/α-hetero) is 1. The van der Waals surface area contributed by atoms with Crippen LogP contribution in [0.3, 0.4) is 0 Å². The Bertz CT molecular complexity index is 1680. The van der Waals surface area contributed by atoms with Crippen molar-refractivity contribution in [2.24, 2.45) is 5.41 Å². The Hall–Kier alpha value is -3.47. The van der Waals surface area contributed by atoms with Crippen LogP contribution in [0.25, 0.3) is 11.8 Å². The lowest BCUT2D eigenvalue weighted by molar-refractivity contribution is 0.0752. The third-order valence-electron chi connectivity index (χ3n) is 7.98. The fourth-order valence-electron chi connectivity index (χ4n) is 5.80. The Balaban J connectivity index is 1.40. The maximum Gasteiger partial charge on any atom is 0.243 e. The van der Waals surface area contributed by atoms with E-state index in [0.29, 0.717) is 30.7 Å². The number of rotatable bonds is 6. The molecule has 2 aromatic heterocycles. The zero-order valence-electron chi connectivity index (χ0n) is 21.5. The minimum atomic E-state index is -3.75. The average Bonchev–Trinajstić information content (AvgIpc) is 3.61. The maximum atomic E-state index is 14.1. The molecule has 0 unspecified atom stereocenters. The normalized spacial score (nSPS) is 20.8. The Morgan fingerprint density at radius 2 is 1.90 bits per heavy atom. The molecule has 0 bridgehead atoms. The lowest BCUT2D eigenvalue weighted by Crippen LogP contribution is -2.49. The zero-order chi connectivity index (χ0) is 27.4. The molecule has 0 aliphatic heterocycles. The van der Waals surface area contributed by atoms with E-state index in [0.717, 1.165) is 28.1 Å². The van der Waals surface area contributed by atoms with Crippen LogP contribution in [0.4, 0.5) is 4.39 Å². The Morgan fingerprint density at radius 3 is 2.59 bits per heavy atom. The molecule has 0 amide bonds. The Morgan fingerprint density at radius 1 is 1.15 bits per heavy atom. The van der Waals surface area contributed by atoms with Crippen molar-refractivity contribution in [1.29, 1.82) is 0 Å². The van der Waals surface area contributed by atoms with Gasteiger partial charge in [-0.2, -0.15) is 9.40 Å². The van der Waals surface area contributed by atoms with Crippen LogP contribution in [0.1, 0.15) is 45.9 Å². The quantitative estimate of drug-likeness (QED) is 0.292. The number of sulfonamides is 1. The molecule has 2 aliphatic carbocycles. The first kappa shape index (κ1) is 25.8. The van der Waals surface area contributed by atoms with E-state index in [1.165, 1.54) is 27.8 Å². The summed E-state index contributed by atoms with van der Waals surface area (Å²) in [6, 6.07) is 12.6. The summed E-state index contributed by atoms with van der Waals surface area (Å²) >= 11 is 1.30. The van der Waals surface area contributed by atoms with Gasteiger partial charge in [-0.3, -0.25) is 4.79 Å². The van der Waals surface area contributed by atoms with Gasteiger partial charge in [-0.15, -0.1) is 11.3 Å². The first-order valence-corrected chi connectivity index (χ1v) is 15.0. The second-order valence-electron chi connectivity index (χ2n) is 10.3. The van der Waals surface area contributed by atoms with Crippen LogP contribution in [-0.2, 0) is 16.4 Å². The van der Waals surface area contributed by atoms with Gasteiger partial charge in [-0.1, -0.05) is 23.3 Å². The van der Waals surface area contributed by atoms with Gasteiger partial charge in [0.05, 0.1) is 27.9 Å². The van der Waals surface area contributed by atoms with Crippen LogP contribution in [0.5, 0.6) is 0 Å². The first-order chi connectivity index (χ1) is 18.7. The van der Waals surface area contributed by atoms with Crippen LogP contribution in [0, 0.1) is 18.2 Å². The Labute approximate surface area is 230 Å². The smallest absolute Gasteiger partial charge is 0.243 e. The van der Waals surface area contributed by atoms with Crippen molar-refractivity contribution < 1.29 is 17.6 Å². The number of aromatic nitrogens is 3. The Kier molecular flexibility index (Phi) is 6.36. The molecule has 39 heavy (non-hydrogen) atoms. The van der Waals surface area contributed by atoms with Crippen molar-refractivity contribution in [2.45, 2.75) is 43.5 Å². The number of allylic oxidation sites excluding steroid dienone is 1. The predicted molar refractivity (Wildman–Crippen MR) is 148 cm³/mol. The number of nitrogens with zero attached hydrogens (tertiary/aromatic N) is 4. The second-order valence-corrected chi connectivity index (χ2v) is 13.2.